The highest BCUT2D eigenvalue weighted by molar-refractivity contribution is 5.71. The molecule has 6 nitrogen and oxygen atoms in total. The number of unbranched alkanes of at least 4 members (excludes halogenated alkanes) is 26. The summed E-state index contributed by atoms with van der Waals surface area (Å²) in [5.74, 6) is -1.00. The van der Waals surface area contributed by atoms with Crippen molar-refractivity contribution in [3.63, 3.8) is 0 Å². The highest BCUT2D eigenvalue weighted by Gasteiger charge is 2.19. The summed E-state index contributed by atoms with van der Waals surface area (Å²) < 4.78 is 16.8. The highest BCUT2D eigenvalue weighted by Crippen LogP contribution is 2.16. The van der Waals surface area contributed by atoms with Crippen LogP contribution in [0.25, 0.3) is 0 Å². The van der Waals surface area contributed by atoms with Crippen LogP contribution in [0.1, 0.15) is 284 Å². The number of esters is 3. The van der Waals surface area contributed by atoms with Crippen LogP contribution in [-0.4, -0.2) is 37.2 Å². The van der Waals surface area contributed by atoms with Gasteiger partial charge in [0, 0.05) is 19.3 Å². The van der Waals surface area contributed by atoms with Crippen LogP contribution in [0, 0.1) is 0 Å². The Bertz CT molecular complexity index is 1510. The van der Waals surface area contributed by atoms with E-state index in [4.69, 9.17) is 14.2 Å². The van der Waals surface area contributed by atoms with Crippen molar-refractivity contribution in [2.75, 3.05) is 13.2 Å². The Morgan fingerprint density at radius 1 is 0.284 bits per heavy atom. The first-order chi connectivity index (χ1) is 36.5. The molecule has 0 bridgehead atoms. The van der Waals surface area contributed by atoms with Gasteiger partial charge in [-0.05, 0) is 109 Å². The Balaban J connectivity index is 4.30. The number of allylic oxidation sites excluding steroid dienone is 18. The summed E-state index contributed by atoms with van der Waals surface area (Å²) in [6, 6.07) is 0. The Kier molecular flexibility index (Phi) is 58.3. The molecule has 0 saturated carbocycles. The standard InChI is InChI=1S/C68H114O6/c1-4-7-10-13-16-19-22-24-26-28-30-31-32-33-34-35-36-37-39-40-42-44-46-49-52-55-58-61-67(70)73-64-65(63-72-66(69)60-57-54-51-48-21-18-15-12-9-6-3)74-68(71)62-59-56-53-50-47-45-43-41-38-29-27-25-23-20-17-14-11-8-5-2/h8,11-12,15,17,20,22,24-25,27-28,30,38,41,45,47,53,56,65H,4-7,9-10,13-14,16,18-19,21,23,26,29,31-37,39-40,42-44,46,48-52,54-55,57-64H2,1-3H3/b11-8-,15-12-,20-17-,24-22-,27-25-,30-28-,41-38-,47-45-,56-53-. The molecular formula is C68H114O6. The summed E-state index contributed by atoms with van der Waals surface area (Å²) in [5.41, 5.74) is 0. The van der Waals surface area contributed by atoms with Gasteiger partial charge in [0.25, 0.3) is 0 Å². The third kappa shape index (κ3) is 59.0. The van der Waals surface area contributed by atoms with Crippen LogP contribution in [-0.2, 0) is 28.6 Å². The molecule has 1 unspecified atom stereocenters. The number of carbonyl (C=O) groups is 3. The minimum atomic E-state index is -0.823. The molecule has 6 heteroatoms. The topological polar surface area (TPSA) is 78.9 Å². The molecule has 0 aliphatic heterocycles. The van der Waals surface area contributed by atoms with Crippen molar-refractivity contribution in [3.05, 3.63) is 109 Å². The fourth-order valence-corrected chi connectivity index (χ4v) is 8.38. The van der Waals surface area contributed by atoms with Crippen molar-refractivity contribution in [2.45, 2.75) is 290 Å². The molecule has 0 saturated heterocycles. The van der Waals surface area contributed by atoms with E-state index in [-0.39, 0.29) is 31.6 Å². The molecule has 0 amide bonds. The lowest BCUT2D eigenvalue weighted by Crippen LogP contribution is -2.30. The zero-order valence-electron chi connectivity index (χ0n) is 48.3. The monoisotopic (exact) mass is 1030 g/mol. The maximum Gasteiger partial charge on any atom is 0.306 e. The van der Waals surface area contributed by atoms with Gasteiger partial charge in [0.1, 0.15) is 13.2 Å². The minimum Gasteiger partial charge on any atom is -0.462 e. The molecule has 0 rings (SSSR count). The van der Waals surface area contributed by atoms with Gasteiger partial charge in [-0.1, -0.05) is 265 Å². The molecule has 0 N–H and O–H groups in total. The van der Waals surface area contributed by atoms with E-state index < -0.39 is 12.1 Å². The van der Waals surface area contributed by atoms with Gasteiger partial charge in [-0.3, -0.25) is 14.4 Å². The average molecular weight is 1030 g/mol. The Labute approximate surface area is 457 Å². The van der Waals surface area contributed by atoms with Gasteiger partial charge < -0.3 is 14.2 Å². The number of ether oxygens (including phenoxy) is 3. The number of rotatable bonds is 55. The smallest absolute Gasteiger partial charge is 0.306 e. The van der Waals surface area contributed by atoms with Crippen LogP contribution in [0.15, 0.2) is 109 Å². The highest BCUT2D eigenvalue weighted by atomic mass is 16.6. The van der Waals surface area contributed by atoms with Crippen molar-refractivity contribution >= 4 is 17.9 Å². The number of hydrogen-bond donors (Lipinski definition) is 0. The molecular weight excluding hydrogens is 913 g/mol. The molecule has 422 valence electrons. The lowest BCUT2D eigenvalue weighted by atomic mass is 10.0. The lowest BCUT2D eigenvalue weighted by Gasteiger charge is -2.18. The molecule has 1 atom stereocenters. The average Bonchev–Trinajstić information content (AvgIpc) is 3.40. The van der Waals surface area contributed by atoms with Crippen LogP contribution in [0.5, 0.6) is 0 Å². The maximum absolute atomic E-state index is 12.8. The predicted octanol–water partition coefficient (Wildman–Crippen LogP) is 21.0. The molecule has 0 aromatic carbocycles. The second kappa shape index (κ2) is 61.6. The van der Waals surface area contributed by atoms with Crippen LogP contribution in [0.4, 0.5) is 0 Å². The van der Waals surface area contributed by atoms with Gasteiger partial charge in [0.05, 0.1) is 0 Å². The van der Waals surface area contributed by atoms with Crippen molar-refractivity contribution in [3.8, 4) is 0 Å². The van der Waals surface area contributed by atoms with Crippen LogP contribution >= 0.6 is 0 Å². The fraction of sp³-hybridized carbons (Fsp3) is 0.691. The lowest BCUT2D eigenvalue weighted by molar-refractivity contribution is -0.166. The van der Waals surface area contributed by atoms with E-state index in [0.29, 0.717) is 19.3 Å². The normalized spacial score (nSPS) is 12.9. The Morgan fingerprint density at radius 3 is 0.946 bits per heavy atom. The van der Waals surface area contributed by atoms with E-state index in [1.807, 2.05) is 6.08 Å². The SMILES string of the molecule is CC/C=C\C/C=C\C/C=C\C/C=C\C/C=C\C/C=C\CCC(=O)OC(COC(=O)CCCCCCC/C=C\CCC)COC(=O)CCCCCCCCCCCCCCCCC/C=C\C/C=C\CCCCCCC. The van der Waals surface area contributed by atoms with Gasteiger partial charge in [-0.15, -0.1) is 0 Å². The molecule has 0 fully saturated rings. The summed E-state index contributed by atoms with van der Waals surface area (Å²) in [7, 11) is 0. The maximum atomic E-state index is 12.8. The van der Waals surface area contributed by atoms with E-state index in [0.717, 1.165) is 103 Å². The minimum absolute atomic E-state index is 0.111. The summed E-state index contributed by atoms with van der Waals surface area (Å²) in [6.07, 6.45) is 84.1. The van der Waals surface area contributed by atoms with Gasteiger partial charge in [0.2, 0.25) is 0 Å². The molecule has 0 radical (unpaired) electrons. The van der Waals surface area contributed by atoms with Crippen molar-refractivity contribution in [1.29, 1.82) is 0 Å². The molecule has 0 heterocycles. The summed E-state index contributed by atoms with van der Waals surface area (Å²) in [4.78, 5) is 38.1. The Hall–Kier alpha value is -3.93. The number of hydrogen-bond acceptors (Lipinski definition) is 6. The third-order valence-electron chi connectivity index (χ3n) is 13.0. The second-order valence-electron chi connectivity index (χ2n) is 20.2. The van der Waals surface area contributed by atoms with Crippen LogP contribution in [0.2, 0.25) is 0 Å². The van der Waals surface area contributed by atoms with E-state index in [1.54, 1.807) is 0 Å². The van der Waals surface area contributed by atoms with Crippen molar-refractivity contribution < 1.29 is 28.6 Å². The largest absolute Gasteiger partial charge is 0.462 e. The Morgan fingerprint density at radius 2 is 0.581 bits per heavy atom. The van der Waals surface area contributed by atoms with Crippen molar-refractivity contribution in [2.24, 2.45) is 0 Å². The van der Waals surface area contributed by atoms with E-state index in [2.05, 4.69) is 124 Å². The van der Waals surface area contributed by atoms with Gasteiger partial charge in [0.15, 0.2) is 6.10 Å². The molecule has 0 aromatic heterocycles. The molecule has 74 heavy (non-hydrogen) atoms. The molecule has 0 aliphatic carbocycles. The second-order valence-corrected chi connectivity index (χ2v) is 20.2. The van der Waals surface area contributed by atoms with Gasteiger partial charge in [-0.2, -0.15) is 0 Å². The van der Waals surface area contributed by atoms with Gasteiger partial charge >= 0.3 is 17.9 Å². The van der Waals surface area contributed by atoms with E-state index >= 15 is 0 Å². The summed E-state index contributed by atoms with van der Waals surface area (Å²) in [6.45, 7) is 6.39. The van der Waals surface area contributed by atoms with E-state index in [1.165, 1.54) is 135 Å². The van der Waals surface area contributed by atoms with Crippen LogP contribution < -0.4 is 0 Å². The number of carbonyl (C=O) groups excluding carboxylic acids is 3. The zero-order chi connectivity index (χ0) is 53.6. The molecule has 0 aromatic rings. The fourth-order valence-electron chi connectivity index (χ4n) is 8.38. The van der Waals surface area contributed by atoms with Crippen LogP contribution in [0.3, 0.4) is 0 Å². The third-order valence-corrected chi connectivity index (χ3v) is 13.0. The molecule has 0 aliphatic rings. The van der Waals surface area contributed by atoms with Gasteiger partial charge in [-0.25, -0.2) is 0 Å². The zero-order valence-corrected chi connectivity index (χ0v) is 48.3. The first kappa shape index (κ1) is 70.1. The first-order valence-electron chi connectivity index (χ1n) is 30.9. The quantitative estimate of drug-likeness (QED) is 0.0261. The summed E-state index contributed by atoms with van der Waals surface area (Å²) in [5, 5.41) is 0. The summed E-state index contributed by atoms with van der Waals surface area (Å²) >= 11 is 0. The predicted molar refractivity (Wildman–Crippen MR) is 320 cm³/mol. The van der Waals surface area contributed by atoms with E-state index in [9.17, 15) is 14.4 Å². The van der Waals surface area contributed by atoms with Crippen molar-refractivity contribution in [1.82, 2.24) is 0 Å². The first-order valence-corrected chi connectivity index (χ1v) is 30.9. The molecule has 0 spiro atoms.